The molecule has 4 nitrogen and oxygen atoms in total. The second kappa shape index (κ2) is 4.91. The van der Waals surface area contributed by atoms with Crippen LogP contribution in [0.5, 0.6) is 0 Å². The quantitative estimate of drug-likeness (QED) is 0.881. The van der Waals surface area contributed by atoms with E-state index in [1.807, 2.05) is 31.2 Å². The van der Waals surface area contributed by atoms with Gasteiger partial charge in [0.2, 0.25) is 0 Å². The fourth-order valence-corrected chi connectivity index (χ4v) is 1.87. The van der Waals surface area contributed by atoms with E-state index < -0.39 is 0 Å². The van der Waals surface area contributed by atoms with E-state index >= 15 is 0 Å². The Morgan fingerprint density at radius 2 is 2.24 bits per heavy atom. The Kier molecular flexibility index (Phi) is 3.32. The summed E-state index contributed by atoms with van der Waals surface area (Å²) in [7, 11) is 0. The minimum Gasteiger partial charge on any atom is -0.464 e. The lowest BCUT2D eigenvalue weighted by Crippen LogP contribution is -2.35. The van der Waals surface area contributed by atoms with Crippen LogP contribution in [0, 0.1) is 0 Å². The third-order valence-electron chi connectivity index (χ3n) is 2.70. The Balaban J connectivity index is 2.18. The molecular formula is C13H16N2O2. The van der Waals surface area contributed by atoms with Crippen molar-refractivity contribution in [3.8, 4) is 0 Å². The summed E-state index contributed by atoms with van der Waals surface area (Å²) in [6.07, 6.45) is 2.56. The Labute approximate surface area is 100.0 Å². The Morgan fingerprint density at radius 1 is 1.41 bits per heavy atom. The molecule has 2 amide bonds. The van der Waals surface area contributed by atoms with Crippen LogP contribution in [0.4, 0.5) is 4.79 Å². The molecule has 0 saturated carbocycles. The van der Waals surface area contributed by atoms with Gasteiger partial charge < -0.3 is 15.1 Å². The zero-order chi connectivity index (χ0) is 12.3. The highest BCUT2D eigenvalue weighted by atomic mass is 16.3. The molecule has 0 saturated heterocycles. The second-order valence-corrected chi connectivity index (χ2v) is 4.05. The van der Waals surface area contributed by atoms with Crippen molar-refractivity contribution in [2.75, 3.05) is 6.54 Å². The van der Waals surface area contributed by atoms with Gasteiger partial charge >= 0.3 is 6.03 Å². The first-order valence-corrected chi connectivity index (χ1v) is 5.71. The van der Waals surface area contributed by atoms with Crippen molar-refractivity contribution < 1.29 is 9.21 Å². The van der Waals surface area contributed by atoms with Gasteiger partial charge in [0.25, 0.3) is 0 Å². The number of carbonyl (C=O) groups excluding carboxylic acids is 1. The molecule has 1 aromatic carbocycles. The van der Waals surface area contributed by atoms with Crippen LogP contribution in [0.2, 0.25) is 0 Å². The maximum absolute atomic E-state index is 11.2. The number of benzene rings is 1. The molecule has 2 N–H and O–H groups in total. The summed E-state index contributed by atoms with van der Waals surface area (Å²) in [5.74, 6) is 0. The maximum Gasteiger partial charge on any atom is 0.315 e. The molecule has 0 aliphatic carbocycles. The van der Waals surface area contributed by atoms with E-state index in [1.54, 1.807) is 11.2 Å². The van der Waals surface area contributed by atoms with Crippen LogP contribution in [0.25, 0.3) is 11.0 Å². The van der Waals surface area contributed by atoms with Crippen molar-refractivity contribution in [1.29, 1.82) is 0 Å². The van der Waals surface area contributed by atoms with Crippen molar-refractivity contribution in [1.82, 2.24) is 4.90 Å². The lowest BCUT2D eigenvalue weighted by molar-refractivity contribution is 0.205. The molecule has 17 heavy (non-hydrogen) atoms. The lowest BCUT2D eigenvalue weighted by Gasteiger charge is -2.19. The standard InChI is InChI=1S/C13H16N2O2/c1-2-6-15(13(14)16)9-10-3-4-12-11(8-10)5-7-17-12/h3-5,7-8H,2,6,9H2,1H3,(H2,14,16). The van der Waals surface area contributed by atoms with Crippen LogP contribution < -0.4 is 5.73 Å². The number of primary amides is 1. The van der Waals surface area contributed by atoms with Crippen LogP contribution in [0.1, 0.15) is 18.9 Å². The SMILES string of the molecule is CCCN(Cc1ccc2occc2c1)C(N)=O. The predicted octanol–water partition coefficient (Wildman–Crippen LogP) is 2.72. The van der Waals surface area contributed by atoms with Gasteiger partial charge in [0.1, 0.15) is 5.58 Å². The van der Waals surface area contributed by atoms with E-state index in [4.69, 9.17) is 10.2 Å². The van der Waals surface area contributed by atoms with E-state index in [2.05, 4.69) is 0 Å². The number of urea groups is 1. The van der Waals surface area contributed by atoms with Gasteiger partial charge in [-0.2, -0.15) is 0 Å². The van der Waals surface area contributed by atoms with Crippen molar-refractivity contribution in [3.63, 3.8) is 0 Å². The molecule has 0 atom stereocenters. The summed E-state index contributed by atoms with van der Waals surface area (Å²) in [6.45, 7) is 3.25. The molecule has 0 spiro atoms. The molecule has 90 valence electrons. The van der Waals surface area contributed by atoms with Gasteiger partial charge in [-0.05, 0) is 30.2 Å². The second-order valence-electron chi connectivity index (χ2n) is 4.05. The van der Waals surface area contributed by atoms with Gasteiger partial charge in [0.15, 0.2) is 0 Å². The number of furan rings is 1. The summed E-state index contributed by atoms with van der Waals surface area (Å²) < 4.78 is 5.27. The van der Waals surface area contributed by atoms with Gasteiger partial charge in [-0.25, -0.2) is 4.79 Å². The first-order chi connectivity index (χ1) is 8.20. The molecule has 0 unspecified atom stereocenters. The lowest BCUT2D eigenvalue weighted by atomic mass is 10.1. The largest absolute Gasteiger partial charge is 0.464 e. The number of nitrogens with two attached hydrogens (primary N) is 1. The Morgan fingerprint density at radius 3 is 2.94 bits per heavy atom. The monoisotopic (exact) mass is 232 g/mol. The van der Waals surface area contributed by atoms with E-state index in [9.17, 15) is 4.79 Å². The molecule has 0 bridgehead atoms. The maximum atomic E-state index is 11.2. The van der Waals surface area contributed by atoms with Crippen LogP contribution >= 0.6 is 0 Å². The zero-order valence-electron chi connectivity index (χ0n) is 9.85. The van der Waals surface area contributed by atoms with Gasteiger partial charge in [0.05, 0.1) is 6.26 Å². The van der Waals surface area contributed by atoms with Crippen LogP contribution in [0.15, 0.2) is 34.9 Å². The normalized spacial score (nSPS) is 10.6. The summed E-state index contributed by atoms with van der Waals surface area (Å²) in [4.78, 5) is 12.9. The van der Waals surface area contributed by atoms with Crippen LogP contribution in [-0.2, 0) is 6.54 Å². The smallest absolute Gasteiger partial charge is 0.315 e. The third kappa shape index (κ3) is 2.58. The average Bonchev–Trinajstić information content (AvgIpc) is 2.75. The number of rotatable bonds is 4. The highest BCUT2D eigenvalue weighted by Crippen LogP contribution is 2.18. The van der Waals surface area contributed by atoms with E-state index in [-0.39, 0.29) is 6.03 Å². The average molecular weight is 232 g/mol. The number of hydrogen-bond donors (Lipinski definition) is 1. The van der Waals surface area contributed by atoms with Crippen molar-refractivity contribution in [2.45, 2.75) is 19.9 Å². The summed E-state index contributed by atoms with van der Waals surface area (Å²) >= 11 is 0. The number of fused-ring (bicyclic) bond motifs is 1. The summed E-state index contributed by atoms with van der Waals surface area (Å²) in [5.41, 5.74) is 7.25. The Bertz CT molecular complexity index is 519. The number of hydrogen-bond acceptors (Lipinski definition) is 2. The predicted molar refractivity (Wildman–Crippen MR) is 66.5 cm³/mol. The molecule has 0 aliphatic heterocycles. The molecule has 4 heteroatoms. The number of carbonyl (C=O) groups is 1. The fraction of sp³-hybridized carbons (Fsp3) is 0.308. The molecule has 2 aromatic rings. The molecule has 1 aromatic heterocycles. The zero-order valence-corrected chi connectivity index (χ0v) is 9.85. The molecular weight excluding hydrogens is 216 g/mol. The van der Waals surface area contributed by atoms with E-state index in [0.717, 1.165) is 23.0 Å². The minimum atomic E-state index is -0.376. The highest BCUT2D eigenvalue weighted by molar-refractivity contribution is 5.78. The van der Waals surface area contributed by atoms with Crippen molar-refractivity contribution in [3.05, 3.63) is 36.1 Å². The number of nitrogens with zero attached hydrogens (tertiary/aromatic N) is 1. The van der Waals surface area contributed by atoms with Crippen LogP contribution in [0.3, 0.4) is 0 Å². The Hall–Kier alpha value is -1.97. The third-order valence-corrected chi connectivity index (χ3v) is 2.70. The van der Waals surface area contributed by atoms with Crippen molar-refractivity contribution in [2.24, 2.45) is 5.73 Å². The van der Waals surface area contributed by atoms with Crippen LogP contribution in [-0.4, -0.2) is 17.5 Å². The van der Waals surface area contributed by atoms with E-state index in [1.165, 1.54) is 0 Å². The summed E-state index contributed by atoms with van der Waals surface area (Å²) in [6, 6.07) is 7.42. The van der Waals surface area contributed by atoms with Gasteiger partial charge in [-0.1, -0.05) is 13.0 Å². The van der Waals surface area contributed by atoms with E-state index in [0.29, 0.717) is 13.1 Å². The molecule has 0 fully saturated rings. The minimum absolute atomic E-state index is 0.376. The molecule has 2 rings (SSSR count). The number of amides is 2. The molecule has 0 aliphatic rings. The van der Waals surface area contributed by atoms with Gasteiger partial charge in [-0.15, -0.1) is 0 Å². The molecule has 1 heterocycles. The van der Waals surface area contributed by atoms with Crippen molar-refractivity contribution >= 4 is 17.0 Å². The molecule has 0 radical (unpaired) electrons. The van der Waals surface area contributed by atoms with Gasteiger partial charge in [0, 0.05) is 18.5 Å². The fourth-order valence-electron chi connectivity index (χ4n) is 1.87. The highest BCUT2D eigenvalue weighted by Gasteiger charge is 2.09. The first kappa shape index (κ1) is 11.5. The van der Waals surface area contributed by atoms with Gasteiger partial charge in [-0.3, -0.25) is 0 Å². The summed E-state index contributed by atoms with van der Waals surface area (Å²) in [5, 5.41) is 1.04. The topological polar surface area (TPSA) is 59.5 Å². The first-order valence-electron chi connectivity index (χ1n) is 5.71.